The van der Waals surface area contributed by atoms with Gasteiger partial charge in [0.25, 0.3) is 0 Å². The van der Waals surface area contributed by atoms with Crippen LogP contribution in [0.15, 0.2) is 58.4 Å². The SMILES string of the molecule is CN=C(NCCc1ccc(S(C)(=O)=O)cc1)NCC(C)Oc1ccc(F)cc1.I. The molecule has 29 heavy (non-hydrogen) atoms. The number of aliphatic imine (C=N–C) groups is 1. The van der Waals surface area contributed by atoms with Crippen molar-refractivity contribution in [1.29, 1.82) is 0 Å². The van der Waals surface area contributed by atoms with Crippen LogP contribution >= 0.6 is 24.0 Å². The van der Waals surface area contributed by atoms with Gasteiger partial charge in [-0.1, -0.05) is 12.1 Å². The molecule has 0 bridgehead atoms. The van der Waals surface area contributed by atoms with E-state index in [1.807, 2.05) is 19.1 Å². The molecule has 1 unspecified atom stereocenters. The molecule has 0 saturated heterocycles. The van der Waals surface area contributed by atoms with Crippen molar-refractivity contribution >= 4 is 39.8 Å². The largest absolute Gasteiger partial charge is 0.489 e. The fourth-order valence-electron chi connectivity index (χ4n) is 2.48. The lowest BCUT2D eigenvalue weighted by atomic mass is 10.1. The zero-order valence-corrected chi connectivity index (χ0v) is 19.8. The smallest absolute Gasteiger partial charge is 0.191 e. The standard InChI is InChI=1S/C20H26FN3O3S.HI/c1-15(27-18-8-6-17(21)7-9-18)14-24-20(22-2)23-13-12-16-4-10-19(11-5-16)28(3,25)26;/h4-11,15H,12-14H2,1-3H3,(H2,22,23,24);1H. The minimum Gasteiger partial charge on any atom is -0.489 e. The van der Waals surface area contributed by atoms with Crippen LogP contribution in [0.3, 0.4) is 0 Å². The highest BCUT2D eigenvalue weighted by Gasteiger charge is 2.07. The first-order chi connectivity index (χ1) is 13.3. The monoisotopic (exact) mass is 535 g/mol. The van der Waals surface area contributed by atoms with Crippen molar-refractivity contribution in [3.8, 4) is 5.75 Å². The molecule has 0 radical (unpaired) electrons. The number of halogens is 2. The van der Waals surface area contributed by atoms with Crippen LogP contribution in [-0.2, 0) is 16.3 Å². The summed E-state index contributed by atoms with van der Waals surface area (Å²) >= 11 is 0. The van der Waals surface area contributed by atoms with E-state index >= 15 is 0 Å². The summed E-state index contributed by atoms with van der Waals surface area (Å²) in [5.74, 6) is 0.951. The van der Waals surface area contributed by atoms with E-state index in [2.05, 4.69) is 15.6 Å². The van der Waals surface area contributed by atoms with Crippen LogP contribution in [0.2, 0.25) is 0 Å². The molecule has 0 aliphatic heterocycles. The van der Waals surface area contributed by atoms with Crippen molar-refractivity contribution < 1.29 is 17.5 Å². The third kappa shape index (κ3) is 8.99. The third-order valence-corrected chi connectivity index (χ3v) is 5.12. The summed E-state index contributed by atoms with van der Waals surface area (Å²) in [4.78, 5) is 4.48. The van der Waals surface area contributed by atoms with Gasteiger partial charge in [0.2, 0.25) is 0 Å². The zero-order chi connectivity index (χ0) is 20.6. The number of hydrogen-bond acceptors (Lipinski definition) is 4. The van der Waals surface area contributed by atoms with Gasteiger partial charge in [0.1, 0.15) is 17.7 Å². The number of nitrogens with zero attached hydrogens (tertiary/aromatic N) is 1. The molecular formula is C20H27FIN3O3S. The Hall–Kier alpha value is -1.88. The lowest BCUT2D eigenvalue weighted by molar-refractivity contribution is 0.223. The number of sulfone groups is 1. The normalized spacial score (nSPS) is 12.6. The van der Waals surface area contributed by atoms with Crippen LogP contribution in [0.25, 0.3) is 0 Å². The Morgan fingerprint density at radius 1 is 1.10 bits per heavy atom. The van der Waals surface area contributed by atoms with Crippen molar-refractivity contribution in [1.82, 2.24) is 10.6 Å². The van der Waals surface area contributed by atoms with E-state index < -0.39 is 9.84 Å². The number of nitrogens with one attached hydrogen (secondary N) is 2. The maximum absolute atomic E-state index is 12.9. The van der Waals surface area contributed by atoms with Crippen LogP contribution in [0.5, 0.6) is 5.75 Å². The molecule has 1 atom stereocenters. The Kier molecular flexibility index (Phi) is 10.4. The van der Waals surface area contributed by atoms with Crippen LogP contribution in [-0.4, -0.2) is 46.9 Å². The van der Waals surface area contributed by atoms with Crippen molar-refractivity contribution in [2.24, 2.45) is 4.99 Å². The average molecular weight is 535 g/mol. The Bertz CT molecular complexity index is 888. The molecule has 0 aliphatic rings. The number of guanidine groups is 1. The van der Waals surface area contributed by atoms with Gasteiger partial charge in [-0.2, -0.15) is 0 Å². The molecule has 9 heteroatoms. The molecule has 2 aromatic rings. The van der Waals surface area contributed by atoms with Crippen LogP contribution in [0, 0.1) is 5.82 Å². The Labute approximate surface area is 188 Å². The fraction of sp³-hybridized carbons (Fsp3) is 0.350. The van der Waals surface area contributed by atoms with Crippen molar-refractivity contribution in [3.63, 3.8) is 0 Å². The summed E-state index contributed by atoms with van der Waals surface area (Å²) < 4.78 is 41.6. The average Bonchev–Trinajstić information content (AvgIpc) is 2.66. The second-order valence-electron chi connectivity index (χ2n) is 6.43. The Balaban J connectivity index is 0.00000420. The van der Waals surface area contributed by atoms with Crippen molar-refractivity contribution in [3.05, 3.63) is 59.9 Å². The van der Waals surface area contributed by atoms with Gasteiger partial charge in [0, 0.05) is 19.8 Å². The van der Waals surface area contributed by atoms with Gasteiger partial charge < -0.3 is 15.4 Å². The minimum atomic E-state index is -3.17. The van der Waals surface area contributed by atoms with Gasteiger partial charge in [-0.15, -0.1) is 24.0 Å². The number of hydrogen-bond donors (Lipinski definition) is 2. The lowest BCUT2D eigenvalue weighted by Gasteiger charge is -2.17. The molecule has 2 rings (SSSR count). The quantitative estimate of drug-likeness (QED) is 0.309. The highest BCUT2D eigenvalue weighted by atomic mass is 127. The molecule has 160 valence electrons. The van der Waals surface area contributed by atoms with E-state index in [4.69, 9.17) is 4.74 Å². The van der Waals surface area contributed by atoms with Crippen LogP contribution < -0.4 is 15.4 Å². The summed E-state index contributed by atoms with van der Waals surface area (Å²) in [6.45, 7) is 3.08. The molecular weight excluding hydrogens is 508 g/mol. The predicted molar refractivity (Wildman–Crippen MR) is 125 cm³/mol. The van der Waals surface area contributed by atoms with Crippen molar-refractivity contribution in [2.45, 2.75) is 24.3 Å². The van der Waals surface area contributed by atoms with Crippen molar-refractivity contribution in [2.75, 3.05) is 26.4 Å². The predicted octanol–water partition coefficient (Wildman–Crippen LogP) is 3.02. The summed E-state index contributed by atoms with van der Waals surface area (Å²) in [7, 11) is -1.49. The Morgan fingerprint density at radius 3 is 2.28 bits per heavy atom. The summed E-state index contributed by atoms with van der Waals surface area (Å²) in [5, 5.41) is 6.38. The van der Waals surface area contributed by atoms with Gasteiger partial charge in [0.05, 0.1) is 11.4 Å². The lowest BCUT2D eigenvalue weighted by Crippen LogP contribution is -2.42. The van der Waals surface area contributed by atoms with E-state index in [-0.39, 0.29) is 35.9 Å². The van der Waals surface area contributed by atoms with Gasteiger partial charge >= 0.3 is 0 Å². The molecule has 0 amide bonds. The molecule has 2 N–H and O–H groups in total. The van der Waals surface area contributed by atoms with E-state index in [9.17, 15) is 12.8 Å². The van der Waals surface area contributed by atoms with Gasteiger partial charge in [-0.05, 0) is 55.3 Å². The van der Waals surface area contributed by atoms with Crippen LogP contribution in [0.4, 0.5) is 4.39 Å². The third-order valence-electron chi connectivity index (χ3n) is 3.99. The highest BCUT2D eigenvalue weighted by Crippen LogP contribution is 2.13. The molecule has 0 spiro atoms. The summed E-state index contributed by atoms with van der Waals surface area (Å²) in [6.07, 6.45) is 1.79. The van der Waals surface area contributed by atoms with Gasteiger partial charge in [-0.3, -0.25) is 4.99 Å². The van der Waals surface area contributed by atoms with E-state index in [1.165, 1.54) is 18.4 Å². The first-order valence-corrected chi connectivity index (χ1v) is 10.8. The van der Waals surface area contributed by atoms with E-state index in [1.54, 1.807) is 31.3 Å². The molecule has 0 fully saturated rings. The highest BCUT2D eigenvalue weighted by molar-refractivity contribution is 14.0. The summed E-state index contributed by atoms with van der Waals surface area (Å²) in [5.41, 5.74) is 1.03. The van der Waals surface area contributed by atoms with Gasteiger partial charge in [0.15, 0.2) is 15.8 Å². The molecule has 0 aromatic heterocycles. The molecule has 0 saturated carbocycles. The number of ether oxygens (including phenoxy) is 1. The zero-order valence-electron chi connectivity index (χ0n) is 16.7. The molecule has 2 aromatic carbocycles. The van der Waals surface area contributed by atoms with Crippen LogP contribution in [0.1, 0.15) is 12.5 Å². The second-order valence-corrected chi connectivity index (χ2v) is 8.44. The van der Waals surface area contributed by atoms with E-state index in [0.29, 0.717) is 29.7 Å². The first kappa shape index (κ1) is 25.2. The maximum atomic E-state index is 12.9. The number of benzene rings is 2. The molecule has 0 heterocycles. The minimum absolute atomic E-state index is 0. The summed E-state index contributed by atoms with van der Waals surface area (Å²) in [6, 6.07) is 12.8. The second kappa shape index (κ2) is 12.0. The van der Waals surface area contributed by atoms with Gasteiger partial charge in [-0.25, -0.2) is 12.8 Å². The molecule has 0 aliphatic carbocycles. The van der Waals surface area contributed by atoms with E-state index in [0.717, 1.165) is 12.0 Å². The maximum Gasteiger partial charge on any atom is 0.191 e. The first-order valence-electron chi connectivity index (χ1n) is 8.93. The fourth-order valence-corrected chi connectivity index (χ4v) is 3.11. The topological polar surface area (TPSA) is 79.8 Å². The number of rotatable bonds is 8. The Morgan fingerprint density at radius 2 is 1.72 bits per heavy atom. The molecule has 6 nitrogen and oxygen atoms in total.